The number of halogens is 1. The van der Waals surface area contributed by atoms with E-state index in [2.05, 4.69) is 5.10 Å². The molecule has 10 heteroatoms. The van der Waals surface area contributed by atoms with Crippen molar-refractivity contribution in [1.82, 2.24) is 19.6 Å². The number of nitro groups is 1. The summed E-state index contributed by atoms with van der Waals surface area (Å²) in [6.07, 6.45) is 2.53. The fraction of sp³-hybridized carbons (Fsp3) is 0.143. The molecule has 0 bridgehead atoms. The van der Waals surface area contributed by atoms with Crippen molar-refractivity contribution in [3.05, 3.63) is 76.1 Å². The van der Waals surface area contributed by atoms with Gasteiger partial charge in [0.2, 0.25) is 0 Å². The average Bonchev–Trinajstić information content (AvgIpc) is 3.38. The standard InChI is InChI=1S/C21H18ClN5O4/c1-30-17-9-5-3-7-15(17)20-19(22)21(16-8-4-6-10-18(16)31-2)26(24-20)13-25-12-14(11-23-25)27(28)29/h3-12H,13H2,1-2H3. The van der Waals surface area contributed by atoms with E-state index in [0.717, 1.165) is 11.1 Å². The van der Waals surface area contributed by atoms with Gasteiger partial charge in [0.25, 0.3) is 0 Å². The van der Waals surface area contributed by atoms with Gasteiger partial charge in [-0.2, -0.15) is 10.2 Å². The smallest absolute Gasteiger partial charge is 0.307 e. The van der Waals surface area contributed by atoms with E-state index in [1.54, 1.807) is 18.9 Å². The van der Waals surface area contributed by atoms with Crippen molar-refractivity contribution in [2.45, 2.75) is 6.67 Å². The van der Waals surface area contributed by atoms with Gasteiger partial charge in [0.15, 0.2) is 0 Å². The van der Waals surface area contributed by atoms with Gasteiger partial charge in [-0.3, -0.25) is 10.1 Å². The van der Waals surface area contributed by atoms with Crippen LogP contribution in [0.1, 0.15) is 0 Å². The zero-order valence-electron chi connectivity index (χ0n) is 16.7. The number of hydrogen-bond acceptors (Lipinski definition) is 6. The van der Waals surface area contributed by atoms with E-state index in [4.69, 9.17) is 26.2 Å². The molecule has 0 aliphatic carbocycles. The quantitative estimate of drug-likeness (QED) is 0.310. The molecule has 0 saturated heterocycles. The molecule has 0 radical (unpaired) electrons. The molecule has 9 nitrogen and oxygen atoms in total. The highest BCUT2D eigenvalue weighted by Crippen LogP contribution is 2.42. The van der Waals surface area contributed by atoms with Gasteiger partial charge in [-0.25, -0.2) is 9.36 Å². The zero-order valence-corrected chi connectivity index (χ0v) is 17.5. The maximum absolute atomic E-state index is 11.0. The van der Waals surface area contributed by atoms with Gasteiger partial charge >= 0.3 is 5.69 Å². The van der Waals surface area contributed by atoms with Gasteiger partial charge in [0.05, 0.1) is 29.9 Å². The second-order valence-corrected chi connectivity index (χ2v) is 6.93. The van der Waals surface area contributed by atoms with Crippen LogP contribution in [0.4, 0.5) is 5.69 Å². The molecule has 158 valence electrons. The van der Waals surface area contributed by atoms with Crippen molar-refractivity contribution in [2.75, 3.05) is 14.2 Å². The highest BCUT2D eigenvalue weighted by molar-refractivity contribution is 6.35. The predicted octanol–water partition coefficient (Wildman–Crippen LogP) is 4.50. The van der Waals surface area contributed by atoms with Crippen molar-refractivity contribution >= 4 is 17.3 Å². The zero-order chi connectivity index (χ0) is 22.0. The Morgan fingerprint density at radius 3 is 2.26 bits per heavy atom. The van der Waals surface area contributed by atoms with Crippen molar-refractivity contribution in [2.24, 2.45) is 0 Å². The molecule has 2 heterocycles. The summed E-state index contributed by atoms with van der Waals surface area (Å²) in [4.78, 5) is 10.5. The van der Waals surface area contributed by atoms with Gasteiger partial charge in [0.1, 0.15) is 36.3 Å². The molecule has 4 rings (SSSR count). The van der Waals surface area contributed by atoms with Crippen molar-refractivity contribution in [3.8, 4) is 34.0 Å². The Bertz CT molecular complexity index is 1250. The monoisotopic (exact) mass is 439 g/mol. The third kappa shape index (κ3) is 3.82. The van der Waals surface area contributed by atoms with Crippen LogP contribution in [-0.4, -0.2) is 38.7 Å². The van der Waals surface area contributed by atoms with Crippen LogP contribution in [0.3, 0.4) is 0 Å². The van der Waals surface area contributed by atoms with Crippen LogP contribution in [0.15, 0.2) is 60.9 Å². The fourth-order valence-electron chi connectivity index (χ4n) is 3.31. The van der Waals surface area contributed by atoms with E-state index in [1.807, 2.05) is 48.5 Å². The molecule has 0 aliphatic rings. The average molecular weight is 440 g/mol. The van der Waals surface area contributed by atoms with Gasteiger partial charge < -0.3 is 9.47 Å². The van der Waals surface area contributed by atoms with Crippen molar-refractivity contribution < 1.29 is 14.4 Å². The van der Waals surface area contributed by atoms with Gasteiger partial charge in [-0.1, -0.05) is 35.9 Å². The molecular weight excluding hydrogens is 422 g/mol. The lowest BCUT2D eigenvalue weighted by Gasteiger charge is -2.11. The van der Waals surface area contributed by atoms with E-state index < -0.39 is 4.92 Å². The molecule has 0 saturated carbocycles. The van der Waals surface area contributed by atoms with Crippen LogP contribution in [-0.2, 0) is 6.67 Å². The maximum atomic E-state index is 11.0. The summed E-state index contributed by atoms with van der Waals surface area (Å²) in [7, 11) is 3.15. The van der Waals surface area contributed by atoms with Gasteiger partial charge in [0, 0.05) is 11.1 Å². The Labute approximate surface area is 182 Å². The molecule has 2 aromatic heterocycles. The number of hydrogen-bond donors (Lipinski definition) is 0. The SMILES string of the molecule is COc1ccccc1-c1nn(Cn2cc([N+](=O)[O-])cn2)c(-c2ccccc2OC)c1Cl. The summed E-state index contributed by atoms with van der Waals surface area (Å²) in [5.41, 5.74) is 2.45. The largest absolute Gasteiger partial charge is 0.496 e. The number of ether oxygens (including phenoxy) is 2. The van der Waals surface area contributed by atoms with Crippen LogP contribution in [0.2, 0.25) is 5.02 Å². The van der Waals surface area contributed by atoms with Crippen molar-refractivity contribution in [1.29, 1.82) is 0 Å². The van der Waals surface area contributed by atoms with E-state index in [0.29, 0.717) is 27.9 Å². The van der Waals surface area contributed by atoms with Crippen LogP contribution < -0.4 is 9.47 Å². The lowest BCUT2D eigenvalue weighted by atomic mass is 10.1. The Hall–Kier alpha value is -3.85. The topological polar surface area (TPSA) is 97.2 Å². The van der Waals surface area contributed by atoms with E-state index >= 15 is 0 Å². The third-order valence-corrected chi connectivity index (χ3v) is 5.09. The molecule has 4 aromatic rings. The number of para-hydroxylation sites is 2. The minimum absolute atomic E-state index is 0.107. The molecule has 0 spiro atoms. The minimum Gasteiger partial charge on any atom is -0.496 e. The summed E-state index contributed by atoms with van der Waals surface area (Å²) >= 11 is 6.85. The number of rotatable bonds is 7. The fourth-order valence-corrected chi connectivity index (χ4v) is 3.65. The lowest BCUT2D eigenvalue weighted by Crippen LogP contribution is -2.11. The van der Waals surface area contributed by atoms with Crippen LogP contribution in [0.25, 0.3) is 22.5 Å². The Morgan fingerprint density at radius 2 is 1.65 bits per heavy atom. The number of benzene rings is 2. The highest BCUT2D eigenvalue weighted by Gasteiger charge is 2.24. The summed E-state index contributed by atoms with van der Waals surface area (Å²) in [5.74, 6) is 1.24. The van der Waals surface area contributed by atoms with E-state index in [-0.39, 0.29) is 12.4 Å². The Balaban J connectivity index is 1.90. The molecule has 0 amide bonds. The highest BCUT2D eigenvalue weighted by atomic mass is 35.5. The number of methoxy groups -OCH3 is 2. The van der Waals surface area contributed by atoms with Crippen LogP contribution in [0, 0.1) is 10.1 Å². The Kier molecular flexibility index (Phi) is 5.59. The minimum atomic E-state index is -0.499. The maximum Gasteiger partial charge on any atom is 0.307 e. The third-order valence-electron chi connectivity index (χ3n) is 4.73. The summed E-state index contributed by atoms with van der Waals surface area (Å²) in [6, 6.07) is 14.8. The summed E-state index contributed by atoms with van der Waals surface area (Å²) in [6.45, 7) is 0.107. The molecule has 31 heavy (non-hydrogen) atoms. The first-order chi connectivity index (χ1) is 15.0. The normalized spacial score (nSPS) is 10.8. The molecule has 0 N–H and O–H groups in total. The van der Waals surface area contributed by atoms with Gasteiger partial charge in [-0.15, -0.1) is 0 Å². The van der Waals surface area contributed by atoms with Crippen molar-refractivity contribution in [3.63, 3.8) is 0 Å². The van der Waals surface area contributed by atoms with E-state index in [9.17, 15) is 10.1 Å². The molecular formula is C21H18ClN5O4. The summed E-state index contributed by atoms with van der Waals surface area (Å²) in [5, 5.41) is 20.2. The predicted molar refractivity (Wildman–Crippen MR) is 115 cm³/mol. The second kappa shape index (κ2) is 8.49. The molecule has 0 fully saturated rings. The van der Waals surface area contributed by atoms with E-state index in [1.165, 1.54) is 17.1 Å². The first-order valence-electron chi connectivity index (χ1n) is 9.23. The van der Waals surface area contributed by atoms with Crippen LogP contribution >= 0.6 is 11.6 Å². The first-order valence-corrected chi connectivity index (χ1v) is 9.61. The lowest BCUT2D eigenvalue weighted by molar-refractivity contribution is -0.385. The molecule has 0 aliphatic heterocycles. The van der Waals surface area contributed by atoms with Crippen LogP contribution in [0.5, 0.6) is 11.5 Å². The molecule has 0 unspecified atom stereocenters. The molecule has 2 aromatic carbocycles. The molecule has 0 atom stereocenters. The first kappa shape index (κ1) is 20.4. The summed E-state index contributed by atoms with van der Waals surface area (Å²) < 4.78 is 14.1. The number of aromatic nitrogens is 4. The van der Waals surface area contributed by atoms with Gasteiger partial charge in [-0.05, 0) is 24.3 Å². The number of nitrogens with zero attached hydrogens (tertiary/aromatic N) is 5. The Morgan fingerprint density at radius 1 is 1.03 bits per heavy atom. The second-order valence-electron chi connectivity index (χ2n) is 6.55.